The third-order valence-corrected chi connectivity index (χ3v) is 2.83. The predicted octanol–water partition coefficient (Wildman–Crippen LogP) is 0.417. The standard InChI is InChI=1S/C7H7ClO.Ag.H4O5P2/c8-7(9)6-4-2-1-3-5-6;;1-6(2)5-7(3)4/h1-5,7,9H;;6-7H,(H,1,2)(H,3,4)/q;+2;/p-2. The summed E-state index contributed by atoms with van der Waals surface area (Å²) in [6, 6.07) is 9.10. The molecule has 0 saturated heterocycles. The predicted molar refractivity (Wildman–Crippen MR) is 56.3 cm³/mol. The molecule has 0 fully saturated rings. The smallest absolute Gasteiger partial charge is 0.781 e. The van der Waals surface area contributed by atoms with Gasteiger partial charge in [0.1, 0.15) is 16.5 Å². The van der Waals surface area contributed by atoms with Gasteiger partial charge in [0, 0.05) is 0 Å². The van der Waals surface area contributed by atoms with Crippen molar-refractivity contribution in [1.29, 1.82) is 0 Å². The van der Waals surface area contributed by atoms with E-state index >= 15 is 0 Å². The van der Waals surface area contributed by atoms with Crippen LogP contribution in [0.4, 0.5) is 0 Å². The van der Waals surface area contributed by atoms with Crippen molar-refractivity contribution < 1.29 is 50.7 Å². The minimum absolute atomic E-state index is 0. The third kappa shape index (κ3) is 12.8. The van der Waals surface area contributed by atoms with Crippen LogP contribution < -0.4 is 9.79 Å². The number of benzene rings is 1. The molecular formula is C7H9AgClO6P2. The van der Waals surface area contributed by atoms with Crippen molar-refractivity contribution >= 4 is 28.1 Å². The first-order valence-electron chi connectivity index (χ1n) is 3.90. The molecule has 6 nitrogen and oxygen atoms in total. The van der Waals surface area contributed by atoms with Crippen molar-refractivity contribution in [3.8, 4) is 0 Å². The summed E-state index contributed by atoms with van der Waals surface area (Å²) in [5, 5.41) is 8.79. The summed E-state index contributed by atoms with van der Waals surface area (Å²) < 4.78 is 21.8. The fraction of sp³-hybridized carbons (Fsp3) is 0.143. The Balaban J connectivity index is 0. The van der Waals surface area contributed by atoms with Crippen LogP contribution in [0.3, 0.4) is 0 Å². The Morgan fingerprint density at radius 1 is 1.18 bits per heavy atom. The average molecular weight is 394 g/mol. The SMILES string of the molecule is O=[PH]([O-])O[PH](=O)[O-].OC(Cl)c1ccccc1.[Ag+2]. The molecule has 1 aromatic rings. The second kappa shape index (κ2) is 11.6. The summed E-state index contributed by atoms with van der Waals surface area (Å²) in [5.41, 5.74) is -0.134. The van der Waals surface area contributed by atoms with Gasteiger partial charge in [-0.25, -0.2) is 0 Å². The van der Waals surface area contributed by atoms with Gasteiger partial charge in [0.05, 0.1) is 0 Å². The zero-order valence-corrected chi connectivity index (χ0v) is 12.4. The maximum Gasteiger partial charge on any atom is 2.00 e. The Kier molecular flexibility index (Phi) is 13.6. The second-order valence-corrected chi connectivity index (χ2v) is 4.58. The molecule has 3 atom stereocenters. The van der Waals surface area contributed by atoms with E-state index in [1.54, 1.807) is 12.1 Å². The molecule has 10 heteroatoms. The fourth-order valence-electron chi connectivity index (χ4n) is 0.680. The van der Waals surface area contributed by atoms with Crippen molar-refractivity contribution in [2.75, 3.05) is 0 Å². The molecule has 0 spiro atoms. The number of halogens is 1. The number of hydrogen-bond acceptors (Lipinski definition) is 6. The molecule has 0 aromatic heterocycles. The molecule has 1 radical (unpaired) electrons. The molecule has 0 bridgehead atoms. The number of alkyl halides is 1. The molecule has 3 unspecified atom stereocenters. The van der Waals surface area contributed by atoms with Crippen LogP contribution in [0, 0.1) is 0 Å². The van der Waals surface area contributed by atoms with Gasteiger partial charge >= 0.3 is 22.4 Å². The average Bonchev–Trinajstić information content (AvgIpc) is 2.17. The molecule has 0 saturated carbocycles. The first-order valence-corrected chi connectivity index (χ1v) is 6.79. The molecule has 17 heavy (non-hydrogen) atoms. The van der Waals surface area contributed by atoms with E-state index in [0.29, 0.717) is 0 Å². The first kappa shape index (κ1) is 19.9. The summed E-state index contributed by atoms with van der Waals surface area (Å²) >= 11 is 5.36. The molecule has 1 rings (SSSR count). The van der Waals surface area contributed by atoms with Crippen molar-refractivity contribution in [2.24, 2.45) is 0 Å². The van der Waals surface area contributed by atoms with Gasteiger partial charge in [-0.3, -0.25) is 4.31 Å². The van der Waals surface area contributed by atoms with Crippen LogP contribution in [0.5, 0.6) is 0 Å². The summed E-state index contributed by atoms with van der Waals surface area (Å²) in [7, 11) is -7.03. The molecule has 0 heterocycles. The Hall–Kier alpha value is 0.550. The van der Waals surface area contributed by atoms with Gasteiger partial charge in [-0.1, -0.05) is 41.9 Å². The maximum atomic E-state index is 9.29. The van der Waals surface area contributed by atoms with E-state index in [-0.39, 0.29) is 22.4 Å². The monoisotopic (exact) mass is 393 g/mol. The Bertz CT molecular complexity index is 337. The van der Waals surface area contributed by atoms with Gasteiger partial charge in [-0.15, -0.1) is 0 Å². The topological polar surface area (TPSA) is 110 Å². The van der Waals surface area contributed by atoms with Gasteiger partial charge in [0.15, 0.2) is 5.56 Å². The van der Waals surface area contributed by atoms with Gasteiger partial charge in [0.2, 0.25) is 0 Å². The minimum atomic E-state index is -3.51. The van der Waals surface area contributed by atoms with Crippen LogP contribution in [-0.4, -0.2) is 5.11 Å². The molecule has 0 amide bonds. The van der Waals surface area contributed by atoms with Gasteiger partial charge in [0.25, 0.3) is 0 Å². The van der Waals surface area contributed by atoms with Crippen molar-refractivity contribution in [1.82, 2.24) is 0 Å². The van der Waals surface area contributed by atoms with Crippen LogP contribution in [0.2, 0.25) is 0 Å². The van der Waals surface area contributed by atoms with Crippen LogP contribution >= 0.6 is 28.1 Å². The summed E-state index contributed by atoms with van der Waals surface area (Å²) in [5.74, 6) is 0. The van der Waals surface area contributed by atoms with E-state index in [4.69, 9.17) is 16.7 Å². The van der Waals surface area contributed by atoms with E-state index < -0.39 is 22.1 Å². The Labute approximate surface area is 120 Å². The molecule has 0 aliphatic rings. The van der Waals surface area contributed by atoms with Crippen LogP contribution in [-0.2, 0) is 35.8 Å². The van der Waals surface area contributed by atoms with E-state index in [1.807, 2.05) is 18.2 Å². The van der Waals surface area contributed by atoms with Gasteiger partial charge < -0.3 is 24.0 Å². The fourth-order valence-corrected chi connectivity index (χ4v) is 1.37. The molecule has 0 aliphatic carbocycles. The van der Waals surface area contributed by atoms with E-state index in [0.717, 1.165) is 5.56 Å². The van der Waals surface area contributed by atoms with Crippen LogP contribution in [0.1, 0.15) is 11.1 Å². The zero-order valence-electron chi connectivity index (χ0n) is 8.13. The van der Waals surface area contributed by atoms with Crippen LogP contribution in [0.15, 0.2) is 30.3 Å². The van der Waals surface area contributed by atoms with E-state index in [2.05, 4.69) is 4.31 Å². The van der Waals surface area contributed by atoms with Crippen molar-refractivity contribution in [3.63, 3.8) is 0 Å². The summed E-state index contributed by atoms with van der Waals surface area (Å²) in [4.78, 5) is 18.6. The third-order valence-electron chi connectivity index (χ3n) is 1.24. The van der Waals surface area contributed by atoms with Crippen molar-refractivity contribution in [2.45, 2.75) is 5.56 Å². The van der Waals surface area contributed by atoms with Gasteiger partial charge in [-0.2, -0.15) is 0 Å². The Morgan fingerprint density at radius 3 is 1.76 bits per heavy atom. The molecular weight excluding hydrogens is 385 g/mol. The molecule has 101 valence electrons. The molecule has 0 aliphatic heterocycles. The number of aliphatic hydroxyl groups is 1. The van der Waals surface area contributed by atoms with E-state index in [1.165, 1.54) is 0 Å². The van der Waals surface area contributed by atoms with Gasteiger partial charge in [-0.05, 0) is 5.56 Å². The largest absolute Gasteiger partial charge is 2.00 e. The first-order chi connectivity index (χ1) is 7.43. The summed E-state index contributed by atoms with van der Waals surface area (Å²) in [6.07, 6.45) is 0. The number of rotatable bonds is 3. The maximum absolute atomic E-state index is 9.29. The normalized spacial score (nSPS) is 14.6. The van der Waals surface area contributed by atoms with Crippen LogP contribution in [0.25, 0.3) is 0 Å². The molecule has 1 aromatic carbocycles. The number of hydrogen-bond donors (Lipinski definition) is 1. The quantitative estimate of drug-likeness (QED) is 0.452. The van der Waals surface area contributed by atoms with E-state index in [9.17, 15) is 18.9 Å². The van der Waals surface area contributed by atoms with Crippen molar-refractivity contribution in [3.05, 3.63) is 35.9 Å². The Morgan fingerprint density at radius 2 is 1.59 bits per heavy atom. The molecule has 1 N–H and O–H groups in total. The minimum Gasteiger partial charge on any atom is -0.781 e. The zero-order chi connectivity index (χ0) is 12.6. The summed E-state index contributed by atoms with van der Waals surface area (Å²) in [6.45, 7) is 0. The second-order valence-electron chi connectivity index (χ2n) is 2.35. The number of aliphatic hydroxyl groups excluding tert-OH is 1.